The molecule has 1 aromatic rings. The van der Waals surface area contributed by atoms with E-state index in [-0.39, 0.29) is 5.38 Å². The van der Waals surface area contributed by atoms with Gasteiger partial charge in [-0.3, -0.25) is 0 Å². The smallest absolute Gasteiger partial charge is 0.122 e. The molecule has 1 rings (SSSR count). The Balaban J connectivity index is 2.53. The van der Waals surface area contributed by atoms with Crippen molar-refractivity contribution in [1.82, 2.24) is 0 Å². The Kier molecular flexibility index (Phi) is 7.14. The van der Waals surface area contributed by atoms with Crippen molar-refractivity contribution >= 4 is 11.6 Å². The average molecular weight is 271 g/mol. The molecular formula is C15H23ClO2. The molecule has 102 valence electrons. The Morgan fingerprint density at radius 2 is 1.89 bits per heavy atom. The lowest BCUT2D eigenvalue weighted by Gasteiger charge is -2.15. The van der Waals surface area contributed by atoms with Gasteiger partial charge in [-0.2, -0.15) is 0 Å². The third-order valence-electron chi connectivity index (χ3n) is 2.93. The van der Waals surface area contributed by atoms with Crippen LogP contribution in [-0.2, 0) is 11.2 Å². The number of rotatable bonds is 8. The van der Waals surface area contributed by atoms with Crippen LogP contribution in [0.3, 0.4) is 0 Å². The van der Waals surface area contributed by atoms with E-state index in [1.54, 1.807) is 7.11 Å². The van der Waals surface area contributed by atoms with Crippen LogP contribution >= 0.6 is 11.6 Å². The van der Waals surface area contributed by atoms with E-state index in [0.717, 1.165) is 18.6 Å². The van der Waals surface area contributed by atoms with Crippen molar-refractivity contribution in [2.45, 2.75) is 32.1 Å². The second-order valence-corrected chi connectivity index (χ2v) is 5.31. The topological polar surface area (TPSA) is 18.5 Å². The Bertz CT molecular complexity index is 339. The number of aryl methyl sites for hydroxylation is 1. The summed E-state index contributed by atoms with van der Waals surface area (Å²) in [5, 5.41) is 0.219. The van der Waals surface area contributed by atoms with Crippen LogP contribution in [0.4, 0.5) is 0 Å². The summed E-state index contributed by atoms with van der Waals surface area (Å²) in [7, 11) is 1.68. The monoisotopic (exact) mass is 270 g/mol. The highest BCUT2D eigenvalue weighted by atomic mass is 35.5. The summed E-state index contributed by atoms with van der Waals surface area (Å²) in [4.78, 5) is 0. The third kappa shape index (κ3) is 5.28. The first kappa shape index (κ1) is 15.3. The standard InChI is InChI=1S/C15H23ClO2/c1-12(2)14(16)9-8-13-6-4-5-7-15(13)18-11-10-17-3/h4-7,12,14H,8-11H2,1-3H3. The number of hydrogen-bond donors (Lipinski definition) is 0. The van der Waals surface area contributed by atoms with Gasteiger partial charge < -0.3 is 9.47 Å². The zero-order valence-corrected chi connectivity index (χ0v) is 12.2. The Hall–Kier alpha value is -0.730. The molecule has 1 unspecified atom stereocenters. The maximum Gasteiger partial charge on any atom is 0.122 e. The lowest BCUT2D eigenvalue weighted by molar-refractivity contribution is 0.145. The molecule has 0 N–H and O–H groups in total. The largest absolute Gasteiger partial charge is 0.491 e. The molecule has 0 amide bonds. The maximum atomic E-state index is 6.28. The van der Waals surface area contributed by atoms with Crippen LogP contribution in [0.5, 0.6) is 5.75 Å². The maximum absolute atomic E-state index is 6.28. The van der Waals surface area contributed by atoms with Crippen molar-refractivity contribution in [1.29, 1.82) is 0 Å². The Labute approximate surface area is 115 Å². The molecule has 1 atom stereocenters. The van der Waals surface area contributed by atoms with Gasteiger partial charge in [-0.15, -0.1) is 11.6 Å². The first-order valence-corrected chi connectivity index (χ1v) is 6.92. The summed E-state index contributed by atoms with van der Waals surface area (Å²) in [6, 6.07) is 8.14. The molecule has 0 fully saturated rings. The van der Waals surface area contributed by atoms with E-state index in [1.165, 1.54) is 5.56 Å². The zero-order valence-electron chi connectivity index (χ0n) is 11.5. The molecule has 0 saturated heterocycles. The van der Waals surface area contributed by atoms with Crippen LogP contribution in [0.25, 0.3) is 0 Å². The fourth-order valence-electron chi connectivity index (χ4n) is 1.71. The first-order chi connectivity index (χ1) is 8.65. The first-order valence-electron chi connectivity index (χ1n) is 6.49. The van der Waals surface area contributed by atoms with Crippen molar-refractivity contribution < 1.29 is 9.47 Å². The second-order valence-electron chi connectivity index (χ2n) is 4.75. The third-order valence-corrected chi connectivity index (χ3v) is 3.65. The summed E-state index contributed by atoms with van der Waals surface area (Å²) < 4.78 is 10.7. The SMILES string of the molecule is COCCOc1ccccc1CCC(Cl)C(C)C. The quantitative estimate of drug-likeness (QED) is 0.527. The number of methoxy groups -OCH3 is 1. The molecular weight excluding hydrogens is 248 g/mol. The van der Waals surface area contributed by atoms with Crippen LogP contribution in [0, 0.1) is 5.92 Å². The van der Waals surface area contributed by atoms with E-state index in [4.69, 9.17) is 21.1 Å². The average Bonchev–Trinajstić information content (AvgIpc) is 2.37. The number of benzene rings is 1. The highest BCUT2D eigenvalue weighted by molar-refractivity contribution is 6.20. The highest BCUT2D eigenvalue weighted by Gasteiger charge is 2.11. The van der Waals surface area contributed by atoms with E-state index >= 15 is 0 Å². The molecule has 0 aliphatic carbocycles. The minimum atomic E-state index is 0.219. The zero-order chi connectivity index (χ0) is 13.4. The summed E-state index contributed by atoms with van der Waals surface area (Å²) in [5.74, 6) is 1.45. The minimum absolute atomic E-state index is 0.219. The van der Waals surface area contributed by atoms with E-state index in [2.05, 4.69) is 19.9 Å². The number of alkyl halides is 1. The van der Waals surface area contributed by atoms with Crippen LogP contribution in [-0.4, -0.2) is 25.7 Å². The molecule has 18 heavy (non-hydrogen) atoms. The predicted octanol–water partition coefficient (Wildman–Crippen LogP) is 3.91. The molecule has 0 radical (unpaired) electrons. The van der Waals surface area contributed by atoms with Gasteiger partial charge in [0.15, 0.2) is 0 Å². The minimum Gasteiger partial charge on any atom is -0.491 e. The number of hydrogen-bond acceptors (Lipinski definition) is 2. The van der Waals surface area contributed by atoms with Crippen LogP contribution in [0.15, 0.2) is 24.3 Å². The van der Waals surface area contributed by atoms with Gasteiger partial charge in [-0.25, -0.2) is 0 Å². The van der Waals surface area contributed by atoms with E-state index in [0.29, 0.717) is 19.1 Å². The molecule has 2 nitrogen and oxygen atoms in total. The molecule has 1 aromatic carbocycles. The summed E-state index contributed by atoms with van der Waals surface area (Å²) in [5.41, 5.74) is 1.22. The van der Waals surface area contributed by atoms with Crippen molar-refractivity contribution in [3.05, 3.63) is 29.8 Å². The van der Waals surface area contributed by atoms with E-state index in [1.807, 2.05) is 18.2 Å². The Morgan fingerprint density at radius 3 is 2.56 bits per heavy atom. The van der Waals surface area contributed by atoms with Gasteiger partial charge in [0.05, 0.1) is 6.61 Å². The summed E-state index contributed by atoms with van der Waals surface area (Å²) in [6.45, 7) is 5.50. The van der Waals surface area contributed by atoms with Gasteiger partial charge in [0.25, 0.3) is 0 Å². The fraction of sp³-hybridized carbons (Fsp3) is 0.600. The summed E-state index contributed by atoms with van der Waals surface area (Å²) >= 11 is 6.28. The highest BCUT2D eigenvalue weighted by Crippen LogP contribution is 2.23. The molecule has 3 heteroatoms. The van der Waals surface area contributed by atoms with Crippen LogP contribution in [0.2, 0.25) is 0 Å². The fourth-order valence-corrected chi connectivity index (χ4v) is 1.82. The molecule has 0 aliphatic rings. The van der Waals surface area contributed by atoms with Gasteiger partial charge in [-0.05, 0) is 30.4 Å². The molecule has 0 bridgehead atoms. The van der Waals surface area contributed by atoms with Crippen molar-refractivity contribution in [3.63, 3.8) is 0 Å². The molecule has 0 saturated carbocycles. The van der Waals surface area contributed by atoms with Crippen molar-refractivity contribution in [3.8, 4) is 5.75 Å². The van der Waals surface area contributed by atoms with Gasteiger partial charge in [0.2, 0.25) is 0 Å². The Morgan fingerprint density at radius 1 is 1.17 bits per heavy atom. The van der Waals surface area contributed by atoms with Gasteiger partial charge in [0.1, 0.15) is 12.4 Å². The predicted molar refractivity (Wildman–Crippen MR) is 76.6 cm³/mol. The van der Waals surface area contributed by atoms with Crippen molar-refractivity contribution in [2.75, 3.05) is 20.3 Å². The van der Waals surface area contributed by atoms with E-state index in [9.17, 15) is 0 Å². The lowest BCUT2D eigenvalue weighted by Crippen LogP contribution is -2.10. The van der Waals surface area contributed by atoms with Gasteiger partial charge in [0, 0.05) is 12.5 Å². The summed E-state index contributed by atoms with van der Waals surface area (Å²) in [6.07, 6.45) is 1.93. The van der Waals surface area contributed by atoms with E-state index < -0.39 is 0 Å². The van der Waals surface area contributed by atoms with Crippen LogP contribution in [0.1, 0.15) is 25.8 Å². The van der Waals surface area contributed by atoms with Crippen LogP contribution < -0.4 is 4.74 Å². The molecule has 0 aromatic heterocycles. The molecule has 0 heterocycles. The number of ether oxygens (including phenoxy) is 2. The second kappa shape index (κ2) is 8.39. The molecule has 0 aliphatic heterocycles. The number of halogens is 1. The number of para-hydroxylation sites is 1. The lowest BCUT2D eigenvalue weighted by atomic mass is 10.0. The molecule has 0 spiro atoms. The van der Waals surface area contributed by atoms with Crippen molar-refractivity contribution in [2.24, 2.45) is 5.92 Å². The normalized spacial score (nSPS) is 12.7. The van der Waals surface area contributed by atoms with Gasteiger partial charge >= 0.3 is 0 Å². The van der Waals surface area contributed by atoms with Gasteiger partial charge in [-0.1, -0.05) is 32.0 Å².